The summed E-state index contributed by atoms with van der Waals surface area (Å²) in [5.74, 6) is -4.03. The molecule has 1 saturated carbocycles. The van der Waals surface area contributed by atoms with E-state index >= 15 is 0 Å². The Morgan fingerprint density at radius 1 is 0.831 bits per heavy atom. The fourth-order valence-electron chi connectivity index (χ4n) is 10.5. The number of carbonyl (C=O) groups excluding carboxylic acids is 8. The Morgan fingerprint density at radius 2 is 1.58 bits per heavy atom. The Kier molecular flexibility index (Phi) is 25.9. The molecule has 0 unspecified atom stereocenters. The number of nitrogens with zero attached hydrogens (tertiary/aromatic N) is 4. The fourth-order valence-corrected chi connectivity index (χ4v) is 10.9. The van der Waals surface area contributed by atoms with Gasteiger partial charge in [0.05, 0.1) is 69.2 Å². The zero-order chi connectivity index (χ0) is 63.9. The van der Waals surface area contributed by atoms with E-state index in [0.717, 1.165) is 23.3 Å². The van der Waals surface area contributed by atoms with E-state index in [1.807, 2.05) is 29.0 Å². The number of esters is 1. The molecule has 0 saturated heterocycles. The Labute approximate surface area is 515 Å². The number of ketones is 1. The van der Waals surface area contributed by atoms with Crippen LogP contribution in [0.2, 0.25) is 0 Å². The Bertz CT molecular complexity index is 3250. The summed E-state index contributed by atoms with van der Waals surface area (Å²) in [6, 6.07) is 15.1. The molecule has 0 radical (unpaired) electrons. The van der Waals surface area contributed by atoms with E-state index in [1.165, 1.54) is 29.6 Å². The summed E-state index contributed by atoms with van der Waals surface area (Å²) in [5.41, 5.74) is 9.69. The van der Waals surface area contributed by atoms with Crippen LogP contribution in [0, 0.1) is 17.8 Å². The van der Waals surface area contributed by atoms with Crippen molar-refractivity contribution in [2.75, 3.05) is 70.0 Å². The van der Waals surface area contributed by atoms with Crippen molar-refractivity contribution in [3.63, 3.8) is 0 Å². The van der Waals surface area contributed by atoms with E-state index in [2.05, 4.69) is 55.3 Å². The molecular formula is C60H79N11O17S. The molecule has 2 aromatic carbocycles. The van der Waals surface area contributed by atoms with Crippen molar-refractivity contribution >= 4 is 80.4 Å². The summed E-state index contributed by atoms with van der Waals surface area (Å²) in [6.45, 7) is 7.76. The lowest BCUT2D eigenvalue weighted by atomic mass is 9.89. The zero-order valence-electron chi connectivity index (χ0n) is 49.9. The van der Waals surface area contributed by atoms with E-state index in [1.54, 1.807) is 38.1 Å². The van der Waals surface area contributed by atoms with Gasteiger partial charge in [0.15, 0.2) is 5.78 Å². The second-order valence-electron chi connectivity index (χ2n) is 21.9. The number of rotatable bonds is 37. The normalized spacial score (nSPS) is 17.7. The number of hydrogen-bond acceptors (Lipinski definition) is 20. The summed E-state index contributed by atoms with van der Waals surface area (Å²) in [6.07, 6.45) is 7.85. The maximum atomic E-state index is 13.7. The molecule has 3 heterocycles. The minimum absolute atomic E-state index is 0.0550. The number of ether oxygens (including phenoxy) is 5. The Balaban J connectivity index is 0.751. The van der Waals surface area contributed by atoms with Crippen LogP contribution in [0.3, 0.4) is 0 Å². The number of amides is 6. The number of allylic oxidation sites excluding steroid dienone is 1. The molecule has 4 aromatic rings. The lowest BCUT2D eigenvalue weighted by molar-refractivity contribution is -0.186. The van der Waals surface area contributed by atoms with Crippen LogP contribution in [0.5, 0.6) is 0 Å². The highest BCUT2D eigenvalue weighted by molar-refractivity contribution is 7.84. The molecule has 2 aromatic heterocycles. The highest BCUT2D eigenvalue weighted by atomic mass is 32.2. The summed E-state index contributed by atoms with van der Waals surface area (Å²) in [5, 5.41) is 21.0. The second kappa shape index (κ2) is 33.8. The quantitative estimate of drug-likeness (QED) is 0.0239. The predicted molar refractivity (Wildman–Crippen MR) is 321 cm³/mol. The van der Waals surface area contributed by atoms with Crippen molar-refractivity contribution in [3.8, 4) is 0 Å². The second-order valence-corrected chi connectivity index (χ2v) is 23.2. The number of hydroxylamine groups is 2. The molecule has 7 rings (SSSR count). The lowest BCUT2D eigenvalue weighted by Crippen LogP contribution is -2.45. The molecule has 28 nitrogen and oxygen atoms in total. The summed E-state index contributed by atoms with van der Waals surface area (Å²) in [4.78, 5) is 115. The Hall–Kier alpha value is -8.35. The monoisotopic (exact) mass is 1260 g/mol. The summed E-state index contributed by atoms with van der Waals surface area (Å²) in [7, 11) is -4.24. The first kappa shape index (κ1) is 68.1. The minimum atomic E-state index is -4.24. The fraction of sp³-hybridized carbons (Fsp3) is 0.500. The first-order valence-electron chi connectivity index (χ1n) is 29.5. The largest absolute Gasteiger partial charge is 0.462 e. The molecule has 9 N–H and O–H groups in total. The van der Waals surface area contributed by atoms with Crippen LogP contribution in [-0.2, 0) is 84.8 Å². The molecule has 3 aliphatic rings. The van der Waals surface area contributed by atoms with E-state index in [9.17, 15) is 46.8 Å². The van der Waals surface area contributed by atoms with E-state index < -0.39 is 76.1 Å². The van der Waals surface area contributed by atoms with E-state index in [0.29, 0.717) is 48.4 Å². The number of benzene rings is 2. The van der Waals surface area contributed by atoms with Gasteiger partial charge in [0.2, 0.25) is 11.8 Å². The topological polar surface area (TPSA) is 381 Å². The number of fused-ring (bicyclic) bond motifs is 2. The number of carbonyl (C=O) groups is 8. The molecule has 482 valence electrons. The molecule has 6 atom stereocenters. The van der Waals surface area contributed by atoms with Gasteiger partial charge in [-0.15, -0.1) is 5.06 Å². The van der Waals surface area contributed by atoms with Crippen LogP contribution in [0.1, 0.15) is 107 Å². The SMILES string of the molecule is C=C1C=CC(=O)N1OC(=O)CCOCCC(=O)N[C@@H](C(=O)C[C@H](CCCNC(N)=O)C(=O)Nc1ccc(COC(=O)NCCOCCOCCCC(=O)O[C@H]2C[C@H](n3ccc4c(N[C@H]5CCc6ccccc65)ncnc43)C[C@H]2COS(N)(=O)=O)cc1)C(C)C. The third kappa shape index (κ3) is 21.7. The smallest absolute Gasteiger partial charge is 0.407 e. The van der Waals surface area contributed by atoms with Crippen LogP contribution >= 0.6 is 0 Å². The van der Waals surface area contributed by atoms with Crippen molar-refractivity contribution in [1.82, 2.24) is 35.5 Å². The van der Waals surface area contributed by atoms with Crippen molar-refractivity contribution in [1.29, 1.82) is 0 Å². The summed E-state index contributed by atoms with van der Waals surface area (Å²) < 4.78 is 58.4. The third-order valence-corrected chi connectivity index (χ3v) is 15.5. The van der Waals surface area contributed by atoms with Gasteiger partial charge in [-0.1, -0.05) is 56.8 Å². The molecule has 2 aliphatic carbocycles. The average molecular weight is 1260 g/mol. The van der Waals surface area contributed by atoms with Gasteiger partial charge in [-0.05, 0) is 85.4 Å². The molecular weight excluding hydrogens is 1180 g/mol. The number of Topliss-reactive ketones (excluding diaryl/α,β-unsaturated/α-hetero) is 1. The van der Waals surface area contributed by atoms with E-state index in [-0.39, 0.29) is 128 Å². The molecule has 6 amide bonds. The molecule has 1 aliphatic heterocycles. The van der Waals surface area contributed by atoms with Gasteiger partial charge >= 0.3 is 34.4 Å². The number of aryl methyl sites for hydroxylation is 1. The van der Waals surface area contributed by atoms with E-state index in [4.69, 9.17) is 43.6 Å². The average Bonchev–Trinajstić information content (AvgIpc) is 3.59. The Morgan fingerprint density at radius 3 is 2.33 bits per heavy atom. The van der Waals surface area contributed by atoms with Crippen LogP contribution in [0.4, 0.5) is 21.1 Å². The van der Waals surface area contributed by atoms with Crippen LogP contribution in [0.25, 0.3) is 11.0 Å². The molecule has 29 heteroatoms. The van der Waals surface area contributed by atoms with Crippen LogP contribution in [0.15, 0.2) is 91.5 Å². The lowest BCUT2D eigenvalue weighted by Gasteiger charge is -2.24. The van der Waals surface area contributed by atoms with Crippen molar-refractivity contribution in [3.05, 3.63) is 108 Å². The third-order valence-electron chi connectivity index (χ3n) is 15.0. The number of anilines is 2. The molecule has 89 heavy (non-hydrogen) atoms. The highest BCUT2D eigenvalue weighted by Gasteiger charge is 2.40. The maximum Gasteiger partial charge on any atom is 0.407 e. The van der Waals surface area contributed by atoms with Gasteiger partial charge < -0.3 is 65.4 Å². The van der Waals surface area contributed by atoms with Gasteiger partial charge in [-0.3, -0.25) is 28.2 Å². The van der Waals surface area contributed by atoms with Crippen LogP contribution < -0.4 is 37.5 Å². The molecule has 0 spiro atoms. The number of aromatic nitrogens is 3. The standard InChI is InChI=1S/C60H79N11O17S/c1-38(2)55(69-51(73)21-27-83-28-22-54(76)88-71-39(3)12-19-52(71)74)49(72)33-42(9-6-23-63-59(61)78)58(77)67-44-16-13-40(14-17-44)35-85-60(79)64-24-29-84-31-30-82-26-7-11-53(75)87-50-34-45(32-43(50)36-86-89(62,80)81)70-25-20-47-56(65-37-66-57(47)70)68-48-18-15-41-8-4-5-10-46(41)48/h4-5,8,10,12-14,16-17,19-20,25,37-38,42-43,45,48,50,55H,3,6-7,9,11,15,18,21-24,26-36H2,1-2H3,(H,64,79)(H,67,77)(H,69,73)(H3,61,63,78)(H2,62,80,81)(H,65,66,68)/t42-,43-,45+,48-,50-,55+/m0/s1. The number of nitrogens with one attached hydrogen (secondary N) is 5. The summed E-state index contributed by atoms with van der Waals surface area (Å²) >= 11 is 0. The molecule has 1 fully saturated rings. The number of hydrogen-bond donors (Lipinski definition) is 7. The zero-order valence-corrected chi connectivity index (χ0v) is 50.7. The van der Waals surface area contributed by atoms with Gasteiger partial charge in [0.1, 0.15) is 30.5 Å². The first-order valence-corrected chi connectivity index (χ1v) is 31.0. The number of nitrogens with two attached hydrogens (primary N) is 2. The number of urea groups is 1. The van der Waals surface area contributed by atoms with Crippen molar-refractivity contribution in [2.45, 2.75) is 115 Å². The number of primary amides is 1. The molecule has 0 bridgehead atoms. The predicted octanol–water partition coefficient (Wildman–Crippen LogP) is 4.62. The van der Waals surface area contributed by atoms with Gasteiger partial charge in [-0.2, -0.15) is 8.42 Å². The number of alkyl carbamates (subject to hydrolysis) is 1. The van der Waals surface area contributed by atoms with Crippen molar-refractivity contribution < 1.29 is 79.5 Å². The minimum Gasteiger partial charge on any atom is -0.462 e. The van der Waals surface area contributed by atoms with Gasteiger partial charge in [0.25, 0.3) is 5.91 Å². The van der Waals surface area contributed by atoms with Crippen LogP contribution in [-0.4, -0.2) is 147 Å². The first-order chi connectivity index (χ1) is 42.7. The maximum absolute atomic E-state index is 13.7. The van der Waals surface area contributed by atoms with Crippen molar-refractivity contribution in [2.24, 2.45) is 28.6 Å². The van der Waals surface area contributed by atoms with Gasteiger partial charge in [0, 0.05) is 81.2 Å². The van der Waals surface area contributed by atoms with Gasteiger partial charge in [-0.25, -0.2) is 29.5 Å². The highest BCUT2D eigenvalue weighted by Crippen LogP contribution is 2.41.